The molecule has 128 valence electrons. The number of carbonyl (C=O) groups excluding carboxylic acids is 2. The lowest BCUT2D eigenvalue weighted by Crippen LogP contribution is -2.35. The van der Waals surface area contributed by atoms with E-state index in [0.29, 0.717) is 22.7 Å². The van der Waals surface area contributed by atoms with Crippen molar-refractivity contribution in [2.75, 3.05) is 19.2 Å². The molecule has 0 radical (unpaired) electrons. The van der Waals surface area contributed by atoms with E-state index < -0.39 is 11.8 Å². The number of benzene rings is 2. The van der Waals surface area contributed by atoms with Crippen LogP contribution in [0.3, 0.4) is 0 Å². The Bertz CT molecular complexity index is 862. The number of ether oxygens (including phenoxy) is 2. The van der Waals surface area contributed by atoms with E-state index in [-0.39, 0.29) is 5.57 Å². The average Bonchev–Trinajstić information content (AvgIpc) is 2.90. The van der Waals surface area contributed by atoms with E-state index in [9.17, 15) is 9.59 Å². The van der Waals surface area contributed by atoms with Gasteiger partial charge in [0.1, 0.15) is 5.57 Å². The molecular weight excluding hydrogens is 388 g/mol. The zero-order valence-electron chi connectivity index (χ0n) is 13.6. The van der Waals surface area contributed by atoms with Crippen LogP contribution in [0.1, 0.15) is 5.56 Å². The number of nitrogens with one attached hydrogen (secondary N) is 1. The zero-order chi connectivity index (χ0) is 18.0. The Morgan fingerprint density at radius 1 is 1.00 bits per heavy atom. The Morgan fingerprint density at radius 3 is 2.32 bits per heavy atom. The first kappa shape index (κ1) is 17.0. The Morgan fingerprint density at radius 2 is 1.68 bits per heavy atom. The van der Waals surface area contributed by atoms with Gasteiger partial charge < -0.3 is 9.47 Å². The molecule has 0 saturated carbocycles. The minimum atomic E-state index is -0.456. The average molecular weight is 403 g/mol. The van der Waals surface area contributed by atoms with Gasteiger partial charge in [0.05, 0.1) is 19.9 Å². The van der Waals surface area contributed by atoms with Gasteiger partial charge in [0.2, 0.25) is 0 Å². The van der Waals surface area contributed by atoms with E-state index in [1.165, 1.54) is 18.2 Å². The molecule has 1 saturated heterocycles. The van der Waals surface area contributed by atoms with Crippen LogP contribution in [0.25, 0.3) is 6.08 Å². The second kappa shape index (κ2) is 6.98. The molecule has 1 N–H and O–H groups in total. The summed E-state index contributed by atoms with van der Waals surface area (Å²) in [5.41, 5.74) is 3.86. The van der Waals surface area contributed by atoms with Crippen molar-refractivity contribution in [3.05, 3.63) is 58.1 Å². The predicted octanol–water partition coefficient (Wildman–Crippen LogP) is 2.93. The first-order valence-electron chi connectivity index (χ1n) is 7.38. The molecule has 0 bridgehead atoms. The number of amides is 2. The third-order valence-electron chi connectivity index (χ3n) is 3.69. The minimum Gasteiger partial charge on any atom is -0.493 e. The third-order valence-corrected chi connectivity index (χ3v) is 4.22. The Labute approximate surface area is 153 Å². The van der Waals surface area contributed by atoms with Crippen LogP contribution < -0.4 is 19.9 Å². The number of rotatable bonds is 4. The maximum Gasteiger partial charge on any atom is 0.282 e. The van der Waals surface area contributed by atoms with Crippen molar-refractivity contribution >= 4 is 39.5 Å². The zero-order valence-corrected chi connectivity index (χ0v) is 15.2. The van der Waals surface area contributed by atoms with Crippen LogP contribution in [0.15, 0.2) is 52.5 Å². The van der Waals surface area contributed by atoms with Crippen LogP contribution in [0.2, 0.25) is 0 Å². The number of halogens is 1. The normalized spacial score (nSPS) is 15.5. The molecule has 6 nitrogen and oxygen atoms in total. The van der Waals surface area contributed by atoms with Crippen molar-refractivity contribution in [2.24, 2.45) is 0 Å². The number of hydrogen-bond donors (Lipinski definition) is 1. The monoisotopic (exact) mass is 402 g/mol. The van der Waals surface area contributed by atoms with E-state index in [4.69, 9.17) is 9.47 Å². The predicted molar refractivity (Wildman–Crippen MR) is 97.3 cm³/mol. The van der Waals surface area contributed by atoms with Crippen LogP contribution in [0.4, 0.5) is 5.69 Å². The Kier molecular flexibility index (Phi) is 4.76. The minimum absolute atomic E-state index is 0.0511. The first-order chi connectivity index (χ1) is 12.0. The molecule has 7 heteroatoms. The van der Waals surface area contributed by atoms with Gasteiger partial charge in [-0.25, -0.2) is 5.01 Å². The highest BCUT2D eigenvalue weighted by atomic mass is 79.9. The SMILES string of the molecule is COc1ccc(/C=C2\C(=O)NN(c3ccc(Br)cc3)C2=O)cc1OC. The van der Waals surface area contributed by atoms with Crippen molar-refractivity contribution in [3.63, 3.8) is 0 Å². The summed E-state index contributed by atoms with van der Waals surface area (Å²) >= 11 is 3.34. The van der Waals surface area contributed by atoms with Gasteiger partial charge in [-0.1, -0.05) is 22.0 Å². The molecule has 2 aromatic rings. The van der Waals surface area contributed by atoms with Gasteiger partial charge in [0.25, 0.3) is 11.8 Å². The third kappa shape index (κ3) is 3.36. The number of carbonyl (C=O) groups is 2. The Balaban J connectivity index is 1.92. The van der Waals surface area contributed by atoms with Crippen molar-refractivity contribution in [3.8, 4) is 11.5 Å². The second-order valence-corrected chi connectivity index (χ2v) is 6.15. The van der Waals surface area contributed by atoms with E-state index >= 15 is 0 Å². The lowest BCUT2D eigenvalue weighted by molar-refractivity contribution is -0.117. The van der Waals surface area contributed by atoms with Gasteiger partial charge in [-0.05, 0) is 48.0 Å². The van der Waals surface area contributed by atoms with Crippen molar-refractivity contribution < 1.29 is 19.1 Å². The number of anilines is 1. The summed E-state index contributed by atoms with van der Waals surface area (Å²) in [6.45, 7) is 0. The van der Waals surface area contributed by atoms with Gasteiger partial charge in [-0.3, -0.25) is 15.0 Å². The fourth-order valence-corrected chi connectivity index (χ4v) is 2.70. The number of methoxy groups -OCH3 is 2. The molecule has 1 heterocycles. The summed E-state index contributed by atoms with van der Waals surface area (Å²) in [4.78, 5) is 24.8. The highest BCUT2D eigenvalue weighted by Gasteiger charge is 2.34. The van der Waals surface area contributed by atoms with Gasteiger partial charge >= 0.3 is 0 Å². The maximum atomic E-state index is 12.6. The van der Waals surface area contributed by atoms with Crippen LogP contribution in [0.5, 0.6) is 11.5 Å². The van der Waals surface area contributed by atoms with Crippen molar-refractivity contribution in [1.82, 2.24) is 5.43 Å². The quantitative estimate of drug-likeness (QED) is 0.630. The van der Waals surface area contributed by atoms with Crippen molar-refractivity contribution in [1.29, 1.82) is 0 Å². The van der Waals surface area contributed by atoms with Crippen LogP contribution in [-0.2, 0) is 9.59 Å². The van der Waals surface area contributed by atoms with E-state index in [1.54, 1.807) is 49.6 Å². The molecule has 0 atom stereocenters. The van der Waals surface area contributed by atoms with Gasteiger partial charge in [-0.2, -0.15) is 0 Å². The first-order valence-corrected chi connectivity index (χ1v) is 8.17. The fourth-order valence-electron chi connectivity index (χ4n) is 2.44. The van der Waals surface area contributed by atoms with Gasteiger partial charge in [0, 0.05) is 4.47 Å². The molecule has 25 heavy (non-hydrogen) atoms. The Hall–Kier alpha value is -2.80. The smallest absolute Gasteiger partial charge is 0.282 e. The topological polar surface area (TPSA) is 67.9 Å². The molecule has 0 aromatic heterocycles. The largest absolute Gasteiger partial charge is 0.493 e. The molecule has 0 spiro atoms. The van der Waals surface area contributed by atoms with Crippen molar-refractivity contribution in [2.45, 2.75) is 0 Å². The number of hydrogen-bond acceptors (Lipinski definition) is 4. The van der Waals surface area contributed by atoms with E-state index in [0.717, 1.165) is 4.47 Å². The molecule has 0 unspecified atom stereocenters. The molecule has 1 aliphatic heterocycles. The summed E-state index contributed by atoms with van der Waals surface area (Å²) in [6, 6.07) is 12.2. The summed E-state index contributed by atoms with van der Waals surface area (Å²) in [6.07, 6.45) is 1.53. The standard InChI is InChI=1S/C18H15BrN2O4/c1-24-15-8-3-11(10-16(15)25-2)9-14-17(22)20-21(18(14)23)13-6-4-12(19)5-7-13/h3-10H,1-2H3,(H,20,22)/b14-9+. The molecule has 2 amide bonds. The maximum absolute atomic E-state index is 12.6. The second-order valence-electron chi connectivity index (χ2n) is 5.23. The lowest BCUT2D eigenvalue weighted by atomic mass is 10.1. The molecule has 0 aliphatic carbocycles. The van der Waals surface area contributed by atoms with Crippen LogP contribution in [-0.4, -0.2) is 26.0 Å². The highest BCUT2D eigenvalue weighted by Crippen LogP contribution is 2.29. The van der Waals surface area contributed by atoms with E-state index in [2.05, 4.69) is 21.4 Å². The van der Waals surface area contributed by atoms with Gasteiger partial charge in [0.15, 0.2) is 11.5 Å². The summed E-state index contributed by atoms with van der Waals surface area (Å²) in [5, 5.41) is 1.22. The van der Waals surface area contributed by atoms with Crippen LogP contribution in [0, 0.1) is 0 Å². The summed E-state index contributed by atoms with van der Waals surface area (Å²) < 4.78 is 11.3. The number of hydrazine groups is 1. The van der Waals surface area contributed by atoms with Crippen LogP contribution >= 0.6 is 15.9 Å². The molecule has 3 rings (SSSR count). The molecule has 1 fully saturated rings. The molecule has 2 aromatic carbocycles. The summed E-state index contributed by atoms with van der Waals surface area (Å²) in [7, 11) is 3.07. The fraction of sp³-hybridized carbons (Fsp3) is 0.111. The van der Waals surface area contributed by atoms with Gasteiger partial charge in [-0.15, -0.1) is 0 Å². The molecular formula is C18H15BrN2O4. The number of nitrogens with zero attached hydrogens (tertiary/aromatic N) is 1. The summed E-state index contributed by atoms with van der Waals surface area (Å²) in [5.74, 6) is 0.223. The lowest BCUT2D eigenvalue weighted by Gasteiger charge is -2.14. The molecule has 1 aliphatic rings. The highest BCUT2D eigenvalue weighted by molar-refractivity contribution is 9.10. The van der Waals surface area contributed by atoms with E-state index in [1.807, 2.05) is 0 Å².